The number of nitrogens with zero attached hydrogens (tertiary/aromatic N) is 2. The second kappa shape index (κ2) is 8.13. The summed E-state index contributed by atoms with van der Waals surface area (Å²) in [5.41, 5.74) is 1.22. The molecule has 0 spiro atoms. The highest BCUT2D eigenvalue weighted by Crippen LogP contribution is 2.30. The van der Waals surface area contributed by atoms with Crippen LogP contribution >= 0.6 is 0 Å². The molecule has 0 aliphatic carbocycles. The molecule has 2 rings (SSSR count). The Hall–Kier alpha value is -1.10. The number of likely N-dealkylation sites (N-methyl/N-ethyl adjacent to an activating group) is 1. The van der Waals surface area contributed by atoms with Gasteiger partial charge in [0.1, 0.15) is 18.5 Å². The molecule has 0 radical (unpaired) electrons. The zero-order valence-corrected chi connectivity index (χ0v) is 15.1. The van der Waals surface area contributed by atoms with Gasteiger partial charge in [0.2, 0.25) is 0 Å². The van der Waals surface area contributed by atoms with Gasteiger partial charge in [0.25, 0.3) is 0 Å². The molecule has 1 saturated heterocycles. The summed E-state index contributed by atoms with van der Waals surface area (Å²) in [5, 5.41) is 10.3. The van der Waals surface area contributed by atoms with E-state index in [1.165, 1.54) is 5.56 Å². The zero-order chi connectivity index (χ0) is 16.9. The zero-order valence-electron chi connectivity index (χ0n) is 15.1. The number of hydrogen-bond acceptors (Lipinski definition) is 4. The summed E-state index contributed by atoms with van der Waals surface area (Å²) in [4.78, 5) is 4.77. The molecule has 1 N–H and O–H groups in total. The molecule has 1 aliphatic heterocycles. The summed E-state index contributed by atoms with van der Waals surface area (Å²) < 4.78 is 5.92. The molecule has 1 aromatic carbocycles. The SMILES string of the molecule is CCN1CCN(C[C@H](O)COc2ccccc2C(C)(C)C)CC1. The van der Waals surface area contributed by atoms with Crippen LogP contribution < -0.4 is 4.74 Å². The van der Waals surface area contributed by atoms with E-state index in [4.69, 9.17) is 4.74 Å². The predicted octanol–water partition coefficient (Wildman–Crippen LogP) is 2.36. The van der Waals surface area contributed by atoms with Gasteiger partial charge in [-0.2, -0.15) is 0 Å². The minimum atomic E-state index is -0.448. The van der Waals surface area contributed by atoms with E-state index >= 15 is 0 Å². The van der Waals surface area contributed by atoms with Crippen LogP contribution in [0.15, 0.2) is 24.3 Å². The van der Waals surface area contributed by atoms with Gasteiger partial charge >= 0.3 is 0 Å². The van der Waals surface area contributed by atoms with E-state index in [-0.39, 0.29) is 5.41 Å². The number of benzene rings is 1. The van der Waals surface area contributed by atoms with Gasteiger partial charge in [0, 0.05) is 32.7 Å². The van der Waals surface area contributed by atoms with E-state index < -0.39 is 6.10 Å². The number of aliphatic hydroxyl groups is 1. The molecule has 0 saturated carbocycles. The minimum Gasteiger partial charge on any atom is -0.491 e. The fourth-order valence-electron chi connectivity index (χ4n) is 3.04. The molecule has 1 aromatic rings. The summed E-state index contributed by atoms with van der Waals surface area (Å²) in [7, 11) is 0. The van der Waals surface area contributed by atoms with Crippen LogP contribution in [0.25, 0.3) is 0 Å². The first kappa shape index (κ1) is 18.2. The highest BCUT2D eigenvalue weighted by Gasteiger charge is 2.21. The normalized spacial score (nSPS) is 18.8. The Morgan fingerprint density at radius 2 is 1.70 bits per heavy atom. The Bertz CT molecular complexity index is 477. The lowest BCUT2D eigenvalue weighted by molar-refractivity contribution is 0.0466. The molecule has 1 aliphatic rings. The van der Waals surface area contributed by atoms with Crippen molar-refractivity contribution >= 4 is 0 Å². The summed E-state index contributed by atoms with van der Waals surface area (Å²) in [6.07, 6.45) is -0.448. The quantitative estimate of drug-likeness (QED) is 0.873. The fourth-order valence-corrected chi connectivity index (χ4v) is 3.04. The molecule has 0 amide bonds. The van der Waals surface area contributed by atoms with Crippen LogP contribution in [0.5, 0.6) is 5.75 Å². The van der Waals surface area contributed by atoms with Crippen LogP contribution in [0.4, 0.5) is 0 Å². The lowest BCUT2D eigenvalue weighted by Gasteiger charge is -2.35. The third-order valence-corrected chi connectivity index (χ3v) is 4.51. The first-order valence-electron chi connectivity index (χ1n) is 8.75. The Kier molecular flexibility index (Phi) is 6.45. The molecule has 0 bridgehead atoms. The van der Waals surface area contributed by atoms with E-state index in [1.807, 2.05) is 18.2 Å². The topological polar surface area (TPSA) is 35.9 Å². The first-order chi connectivity index (χ1) is 10.9. The van der Waals surface area contributed by atoms with Gasteiger partial charge in [-0.3, -0.25) is 4.90 Å². The molecule has 0 unspecified atom stereocenters. The Morgan fingerprint density at radius 1 is 1.09 bits per heavy atom. The van der Waals surface area contributed by atoms with E-state index in [0.717, 1.165) is 38.5 Å². The largest absolute Gasteiger partial charge is 0.491 e. The summed E-state index contributed by atoms with van der Waals surface area (Å²) in [6.45, 7) is 15.1. The van der Waals surface area contributed by atoms with Crippen molar-refractivity contribution in [1.29, 1.82) is 0 Å². The van der Waals surface area contributed by atoms with Crippen molar-refractivity contribution in [3.63, 3.8) is 0 Å². The number of rotatable bonds is 6. The van der Waals surface area contributed by atoms with E-state index in [2.05, 4.69) is 43.6 Å². The van der Waals surface area contributed by atoms with Crippen LogP contribution in [-0.4, -0.2) is 66.9 Å². The van der Waals surface area contributed by atoms with Crippen molar-refractivity contribution in [2.24, 2.45) is 0 Å². The van der Waals surface area contributed by atoms with Crippen LogP contribution in [-0.2, 0) is 5.41 Å². The van der Waals surface area contributed by atoms with Crippen molar-refractivity contribution in [2.75, 3.05) is 45.9 Å². The van der Waals surface area contributed by atoms with Crippen LogP contribution in [0.2, 0.25) is 0 Å². The molecule has 23 heavy (non-hydrogen) atoms. The summed E-state index contributed by atoms with van der Waals surface area (Å²) >= 11 is 0. The van der Waals surface area contributed by atoms with Gasteiger partial charge in [-0.1, -0.05) is 45.9 Å². The molecule has 130 valence electrons. The number of hydrogen-bond donors (Lipinski definition) is 1. The summed E-state index contributed by atoms with van der Waals surface area (Å²) in [6, 6.07) is 8.12. The number of piperazine rings is 1. The van der Waals surface area contributed by atoms with Gasteiger partial charge in [0.05, 0.1) is 0 Å². The number of para-hydroxylation sites is 1. The van der Waals surface area contributed by atoms with E-state index in [0.29, 0.717) is 13.2 Å². The second-order valence-electron chi connectivity index (χ2n) is 7.45. The molecule has 0 aromatic heterocycles. The molecule has 4 heteroatoms. The average Bonchev–Trinajstić information content (AvgIpc) is 2.53. The molecular weight excluding hydrogens is 288 g/mol. The highest BCUT2D eigenvalue weighted by molar-refractivity contribution is 5.38. The van der Waals surface area contributed by atoms with E-state index in [9.17, 15) is 5.11 Å². The van der Waals surface area contributed by atoms with Gasteiger partial charge < -0.3 is 14.7 Å². The Balaban J connectivity index is 1.82. The molecule has 4 nitrogen and oxygen atoms in total. The monoisotopic (exact) mass is 320 g/mol. The van der Waals surface area contributed by atoms with Gasteiger partial charge in [-0.25, -0.2) is 0 Å². The second-order valence-corrected chi connectivity index (χ2v) is 7.45. The average molecular weight is 320 g/mol. The van der Waals surface area contributed by atoms with Crippen molar-refractivity contribution < 1.29 is 9.84 Å². The number of aliphatic hydroxyl groups excluding tert-OH is 1. The van der Waals surface area contributed by atoms with Gasteiger partial charge in [-0.15, -0.1) is 0 Å². The van der Waals surface area contributed by atoms with Gasteiger partial charge in [-0.05, 0) is 23.6 Å². The first-order valence-corrected chi connectivity index (χ1v) is 8.75. The molecule has 1 heterocycles. The Labute approximate surface area is 141 Å². The predicted molar refractivity (Wildman–Crippen MR) is 95.2 cm³/mol. The van der Waals surface area contributed by atoms with Crippen LogP contribution in [0.3, 0.4) is 0 Å². The standard InChI is InChI=1S/C19H32N2O2/c1-5-20-10-12-21(13-11-20)14-16(22)15-23-18-9-7-6-8-17(18)19(2,3)4/h6-9,16,22H,5,10-15H2,1-4H3/t16-/m0/s1. The maximum atomic E-state index is 10.3. The van der Waals surface area contributed by atoms with Crippen molar-refractivity contribution in [1.82, 2.24) is 9.80 Å². The van der Waals surface area contributed by atoms with Gasteiger partial charge in [0.15, 0.2) is 0 Å². The number of β-amino-alcohol motifs (C(OH)–C–C–N with tert-alkyl or cyclic N) is 1. The highest BCUT2D eigenvalue weighted by atomic mass is 16.5. The van der Waals surface area contributed by atoms with Crippen LogP contribution in [0, 0.1) is 0 Å². The maximum Gasteiger partial charge on any atom is 0.123 e. The van der Waals surface area contributed by atoms with Crippen molar-refractivity contribution in [3.8, 4) is 5.75 Å². The molecule has 1 atom stereocenters. The minimum absolute atomic E-state index is 0.0397. The van der Waals surface area contributed by atoms with Crippen LogP contribution in [0.1, 0.15) is 33.3 Å². The van der Waals surface area contributed by atoms with Crippen molar-refractivity contribution in [2.45, 2.75) is 39.2 Å². The maximum absolute atomic E-state index is 10.3. The third-order valence-electron chi connectivity index (χ3n) is 4.51. The number of ether oxygens (including phenoxy) is 1. The molecule has 1 fully saturated rings. The third kappa shape index (κ3) is 5.48. The van der Waals surface area contributed by atoms with E-state index in [1.54, 1.807) is 0 Å². The molecular formula is C19H32N2O2. The summed E-state index contributed by atoms with van der Waals surface area (Å²) in [5.74, 6) is 0.884. The fraction of sp³-hybridized carbons (Fsp3) is 0.684. The lowest BCUT2D eigenvalue weighted by Crippen LogP contribution is -2.49. The van der Waals surface area contributed by atoms with Crippen molar-refractivity contribution in [3.05, 3.63) is 29.8 Å². The smallest absolute Gasteiger partial charge is 0.123 e. The lowest BCUT2D eigenvalue weighted by atomic mass is 9.86. The Morgan fingerprint density at radius 3 is 2.30 bits per heavy atom.